The average molecular weight is 344 g/mol. The largest absolute Gasteiger partial charge is 0.325 e. The lowest BCUT2D eigenvalue weighted by molar-refractivity contribution is -0.115. The van der Waals surface area contributed by atoms with Crippen molar-refractivity contribution in [2.75, 3.05) is 17.2 Å². The summed E-state index contributed by atoms with van der Waals surface area (Å²) in [5.41, 5.74) is 8.30. The summed E-state index contributed by atoms with van der Waals surface area (Å²) in [5.74, 6) is -0.611. The molecule has 0 bridgehead atoms. The van der Waals surface area contributed by atoms with Crippen LogP contribution in [-0.2, 0) is 9.59 Å². The molecule has 0 spiro atoms. The van der Waals surface area contributed by atoms with Crippen LogP contribution >= 0.6 is 11.6 Å². The minimum Gasteiger partial charge on any atom is -0.325 e. The van der Waals surface area contributed by atoms with Crippen molar-refractivity contribution in [1.29, 1.82) is 0 Å². The van der Waals surface area contributed by atoms with Crippen LogP contribution in [0.3, 0.4) is 0 Å². The Balaban J connectivity index is 2.00. The van der Waals surface area contributed by atoms with Gasteiger partial charge in [0.1, 0.15) is 0 Å². The molecule has 0 heterocycles. The van der Waals surface area contributed by atoms with Crippen molar-refractivity contribution in [2.24, 2.45) is 5.73 Å². The summed E-state index contributed by atoms with van der Waals surface area (Å²) in [4.78, 5) is 23.2. The standard InChI is InChI=1S/C18H18ClN3O2/c1-12-2-4-13(5-3-12)6-9-17(23)22-16-8-7-14(10-15(16)19)21-18(24)11-20/h2-10H,11,20H2,1H3,(H,21,24)(H,22,23)/b9-6+. The highest BCUT2D eigenvalue weighted by Gasteiger charge is 2.06. The van der Waals surface area contributed by atoms with Gasteiger partial charge in [-0.05, 0) is 36.8 Å². The number of rotatable bonds is 5. The van der Waals surface area contributed by atoms with Gasteiger partial charge in [-0.15, -0.1) is 0 Å². The smallest absolute Gasteiger partial charge is 0.248 e. The summed E-state index contributed by atoms with van der Waals surface area (Å²) in [6.45, 7) is 1.89. The monoisotopic (exact) mass is 343 g/mol. The lowest BCUT2D eigenvalue weighted by atomic mass is 10.1. The summed E-state index contributed by atoms with van der Waals surface area (Å²) in [6.07, 6.45) is 3.16. The van der Waals surface area contributed by atoms with E-state index in [-0.39, 0.29) is 18.4 Å². The van der Waals surface area contributed by atoms with Crippen LogP contribution in [0, 0.1) is 6.92 Å². The lowest BCUT2D eigenvalue weighted by Gasteiger charge is -2.08. The van der Waals surface area contributed by atoms with Crippen molar-refractivity contribution in [3.05, 3.63) is 64.7 Å². The molecule has 0 aliphatic carbocycles. The van der Waals surface area contributed by atoms with E-state index < -0.39 is 0 Å². The Morgan fingerprint density at radius 1 is 1.12 bits per heavy atom. The van der Waals surface area contributed by atoms with Gasteiger partial charge >= 0.3 is 0 Å². The van der Waals surface area contributed by atoms with Gasteiger partial charge in [0, 0.05) is 11.8 Å². The zero-order valence-corrected chi connectivity index (χ0v) is 13.9. The van der Waals surface area contributed by atoms with Gasteiger partial charge in [-0.1, -0.05) is 41.4 Å². The molecule has 2 aromatic rings. The first-order valence-corrected chi connectivity index (χ1v) is 7.71. The fourth-order valence-corrected chi connectivity index (χ4v) is 2.16. The number of hydrogen-bond donors (Lipinski definition) is 3. The first-order valence-electron chi connectivity index (χ1n) is 7.33. The SMILES string of the molecule is Cc1ccc(/C=C/C(=O)Nc2ccc(NC(=O)CN)cc2Cl)cc1. The van der Waals surface area contributed by atoms with Crippen molar-refractivity contribution in [1.82, 2.24) is 0 Å². The van der Waals surface area contributed by atoms with E-state index in [1.54, 1.807) is 24.3 Å². The maximum Gasteiger partial charge on any atom is 0.248 e. The van der Waals surface area contributed by atoms with E-state index in [0.717, 1.165) is 11.1 Å². The van der Waals surface area contributed by atoms with Crippen LogP contribution < -0.4 is 16.4 Å². The van der Waals surface area contributed by atoms with Gasteiger partial charge in [0.05, 0.1) is 17.3 Å². The number of carbonyl (C=O) groups excluding carboxylic acids is 2. The second kappa shape index (κ2) is 8.29. The van der Waals surface area contributed by atoms with E-state index in [1.165, 1.54) is 6.08 Å². The second-order valence-corrected chi connectivity index (χ2v) is 5.59. The molecule has 0 aliphatic rings. The number of aryl methyl sites for hydroxylation is 1. The molecule has 0 unspecified atom stereocenters. The fourth-order valence-electron chi connectivity index (χ4n) is 1.93. The molecule has 0 fully saturated rings. The minimum atomic E-state index is -0.316. The zero-order chi connectivity index (χ0) is 17.5. The molecule has 0 aromatic heterocycles. The highest BCUT2D eigenvalue weighted by Crippen LogP contribution is 2.25. The summed E-state index contributed by atoms with van der Waals surface area (Å²) >= 11 is 6.11. The molecule has 0 atom stereocenters. The van der Waals surface area contributed by atoms with Gasteiger partial charge in [0.2, 0.25) is 11.8 Å². The molecule has 6 heteroatoms. The maximum atomic E-state index is 12.0. The average Bonchev–Trinajstić information content (AvgIpc) is 2.56. The predicted octanol–water partition coefficient (Wildman–Crippen LogP) is 3.20. The third-order valence-electron chi connectivity index (χ3n) is 3.20. The van der Waals surface area contributed by atoms with E-state index in [9.17, 15) is 9.59 Å². The molecule has 0 saturated heterocycles. The second-order valence-electron chi connectivity index (χ2n) is 5.18. The van der Waals surface area contributed by atoms with Crippen LogP contribution in [-0.4, -0.2) is 18.4 Å². The van der Waals surface area contributed by atoms with Gasteiger partial charge in [0.15, 0.2) is 0 Å². The Hall–Kier alpha value is -2.63. The number of benzene rings is 2. The Morgan fingerprint density at radius 3 is 2.46 bits per heavy atom. The summed E-state index contributed by atoms with van der Waals surface area (Å²) in [7, 11) is 0. The molecule has 124 valence electrons. The number of carbonyl (C=O) groups is 2. The van der Waals surface area contributed by atoms with Crippen molar-refractivity contribution >= 4 is 40.9 Å². The minimum absolute atomic E-state index is 0.111. The number of anilines is 2. The fraction of sp³-hybridized carbons (Fsp3) is 0.111. The van der Waals surface area contributed by atoms with Crippen molar-refractivity contribution in [3.63, 3.8) is 0 Å². The summed E-state index contributed by atoms with van der Waals surface area (Å²) in [5, 5.41) is 5.60. The van der Waals surface area contributed by atoms with Crippen LogP contribution in [0.4, 0.5) is 11.4 Å². The van der Waals surface area contributed by atoms with Crippen LogP contribution in [0.2, 0.25) is 5.02 Å². The van der Waals surface area contributed by atoms with E-state index in [1.807, 2.05) is 31.2 Å². The van der Waals surface area contributed by atoms with E-state index >= 15 is 0 Å². The number of amides is 2. The Morgan fingerprint density at radius 2 is 1.83 bits per heavy atom. The molecule has 0 saturated carbocycles. The van der Waals surface area contributed by atoms with Crippen LogP contribution in [0.25, 0.3) is 6.08 Å². The van der Waals surface area contributed by atoms with Gasteiger partial charge in [0.25, 0.3) is 0 Å². The highest BCUT2D eigenvalue weighted by molar-refractivity contribution is 6.34. The molecule has 0 radical (unpaired) electrons. The number of nitrogens with two attached hydrogens (primary N) is 1. The van der Waals surface area contributed by atoms with Gasteiger partial charge in [-0.3, -0.25) is 9.59 Å². The molecule has 5 nitrogen and oxygen atoms in total. The molecule has 0 aliphatic heterocycles. The highest BCUT2D eigenvalue weighted by atomic mass is 35.5. The molecular weight excluding hydrogens is 326 g/mol. The molecule has 2 rings (SSSR count). The molecular formula is C18H18ClN3O2. The number of halogens is 1. The van der Waals surface area contributed by atoms with Crippen LogP contribution in [0.15, 0.2) is 48.5 Å². The van der Waals surface area contributed by atoms with Gasteiger partial charge in [-0.2, -0.15) is 0 Å². The van der Waals surface area contributed by atoms with E-state index in [4.69, 9.17) is 17.3 Å². The Bertz CT molecular complexity index is 770. The topological polar surface area (TPSA) is 84.2 Å². The molecule has 24 heavy (non-hydrogen) atoms. The van der Waals surface area contributed by atoms with Gasteiger partial charge in [-0.25, -0.2) is 0 Å². The zero-order valence-electron chi connectivity index (χ0n) is 13.2. The van der Waals surface area contributed by atoms with Crippen LogP contribution in [0.1, 0.15) is 11.1 Å². The first kappa shape index (κ1) is 17.7. The predicted molar refractivity (Wildman–Crippen MR) is 98.0 cm³/mol. The lowest BCUT2D eigenvalue weighted by Crippen LogP contribution is -2.21. The van der Waals surface area contributed by atoms with Crippen molar-refractivity contribution in [2.45, 2.75) is 6.92 Å². The van der Waals surface area contributed by atoms with Crippen molar-refractivity contribution in [3.8, 4) is 0 Å². The normalized spacial score (nSPS) is 10.6. The third kappa shape index (κ3) is 5.22. The maximum absolute atomic E-state index is 12.0. The Kier molecular flexibility index (Phi) is 6.12. The third-order valence-corrected chi connectivity index (χ3v) is 3.51. The molecule has 4 N–H and O–H groups in total. The molecule has 2 amide bonds. The number of nitrogens with one attached hydrogen (secondary N) is 2. The quantitative estimate of drug-likeness (QED) is 0.729. The summed E-state index contributed by atoms with van der Waals surface area (Å²) < 4.78 is 0. The van der Waals surface area contributed by atoms with Crippen LogP contribution in [0.5, 0.6) is 0 Å². The first-order chi connectivity index (χ1) is 11.5. The summed E-state index contributed by atoms with van der Waals surface area (Å²) in [6, 6.07) is 12.6. The van der Waals surface area contributed by atoms with E-state index in [2.05, 4.69) is 10.6 Å². The number of hydrogen-bond acceptors (Lipinski definition) is 3. The van der Waals surface area contributed by atoms with E-state index in [0.29, 0.717) is 16.4 Å². The van der Waals surface area contributed by atoms with Gasteiger partial charge < -0.3 is 16.4 Å². The Labute approximate surface area is 145 Å². The molecule has 2 aromatic carbocycles. The van der Waals surface area contributed by atoms with Crippen molar-refractivity contribution < 1.29 is 9.59 Å².